The van der Waals surface area contributed by atoms with Gasteiger partial charge in [-0.25, -0.2) is 4.31 Å². The number of carboxylic acids is 1. The molecule has 0 unspecified atom stereocenters. The van der Waals surface area contributed by atoms with Crippen molar-refractivity contribution < 1.29 is 14.7 Å². The van der Waals surface area contributed by atoms with E-state index in [1.54, 1.807) is 22.9 Å². The molecule has 0 spiro atoms. The van der Waals surface area contributed by atoms with E-state index in [1.165, 1.54) is 0 Å². The largest absolute Gasteiger partial charge is 0.481 e. The number of carbonyl (C=O) groups excluding carboxylic acids is 1. The standard InChI is InChI=1S/C22H23Cl2N3O3S/c23-16-12-17(24)14-18(13-16)25-7-9-26(10-8-25)31-19-1-2-20-15(11-19)5-6-27(20)21(28)3-4-22(29)30/h1-2,11-14H,3-10H2,(H,29,30). The quantitative estimate of drug-likeness (QED) is 0.611. The number of amides is 1. The van der Waals surface area contributed by atoms with Gasteiger partial charge in [0.15, 0.2) is 0 Å². The Hall–Kier alpha value is -1.93. The van der Waals surface area contributed by atoms with E-state index in [9.17, 15) is 9.59 Å². The van der Waals surface area contributed by atoms with E-state index < -0.39 is 5.97 Å². The molecule has 2 aromatic carbocycles. The average Bonchev–Trinajstić information content (AvgIpc) is 3.15. The van der Waals surface area contributed by atoms with Crippen LogP contribution in [0, 0.1) is 0 Å². The first-order valence-electron chi connectivity index (χ1n) is 10.2. The molecule has 6 nitrogen and oxygen atoms in total. The van der Waals surface area contributed by atoms with Gasteiger partial charge in [-0.15, -0.1) is 0 Å². The van der Waals surface area contributed by atoms with Crippen LogP contribution in [0.4, 0.5) is 11.4 Å². The molecule has 31 heavy (non-hydrogen) atoms. The van der Waals surface area contributed by atoms with Crippen molar-refractivity contribution in [1.29, 1.82) is 0 Å². The molecule has 1 saturated heterocycles. The lowest BCUT2D eigenvalue weighted by molar-refractivity contribution is -0.138. The molecular weight excluding hydrogens is 457 g/mol. The van der Waals surface area contributed by atoms with Gasteiger partial charge >= 0.3 is 5.97 Å². The number of piperazine rings is 1. The van der Waals surface area contributed by atoms with Crippen LogP contribution in [0.2, 0.25) is 10.0 Å². The van der Waals surface area contributed by atoms with Crippen molar-refractivity contribution in [2.45, 2.75) is 24.2 Å². The number of carboxylic acid groups (broad SMARTS) is 1. The van der Waals surface area contributed by atoms with Gasteiger partial charge in [0, 0.05) is 65.5 Å². The predicted octanol–water partition coefficient (Wildman–Crippen LogP) is 4.58. The highest BCUT2D eigenvalue weighted by atomic mass is 35.5. The Morgan fingerprint density at radius 3 is 2.32 bits per heavy atom. The number of hydrogen-bond donors (Lipinski definition) is 1. The maximum Gasteiger partial charge on any atom is 0.303 e. The first kappa shape index (κ1) is 22.3. The van der Waals surface area contributed by atoms with E-state index in [0.717, 1.165) is 54.4 Å². The van der Waals surface area contributed by atoms with Gasteiger partial charge in [-0.1, -0.05) is 23.2 Å². The topological polar surface area (TPSA) is 64.1 Å². The van der Waals surface area contributed by atoms with Crippen LogP contribution in [-0.2, 0) is 16.0 Å². The second-order valence-electron chi connectivity index (χ2n) is 7.61. The summed E-state index contributed by atoms with van der Waals surface area (Å²) in [5, 5.41) is 10.1. The Morgan fingerprint density at radius 2 is 1.65 bits per heavy atom. The fourth-order valence-corrected chi connectivity index (χ4v) is 5.43. The maximum atomic E-state index is 12.3. The van der Waals surface area contributed by atoms with Crippen molar-refractivity contribution in [2.24, 2.45) is 0 Å². The summed E-state index contributed by atoms with van der Waals surface area (Å²) in [4.78, 5) is 28.2. The molecule has 0 bridgehead atoms. The van der Waals surface area contributed by atoms with Gasteiger partial charge in [0.05, 0.1) is 6.42 Å². The first-order valence-corrected chi connectivity index (χ1v) is 11.7. The molecule has 2 aromatic rings. The molecule has 2 aliphatic heterocycles. The predicted molar refractivity (Wildman–Crippen MR) is 125 cm³/mol. The van der Waals surface area contributed by atoms with Gasteiger partial charge < -0.3 is 14.9 Å². The fraction of sp³-hybridized carbons (Fsp3) is 0.364. The highest BCUT2D eigenvalue weighted by Crippen LogP contribution is 2.34. The highest BCUT2D eigenvalue weighted by Gasteiger charge is 2.26. The number of nitrogens with zero attached hydrogens (tertiary/aromatic N) is 3. The van der Waals surface area contributed by atoms with Crippen LogP contribution in [0.25, 0.3) is 0 Å². The molecular formula is C22H23Cl2N3O3S. The van der Waals surface area contributed by atoms with Crippen molar-refractivity contribution in [2.75, 3.05) is 42.5 Å². The van der Waals surface area contributed by atoms with Crippen molar-refractivity contribution in [3.8, 4) is 0 Å². The van der Waals surface area contributed by atoms with Crippen molar-refractivity contribution >= 4 is 58.4 Å². The van der Waals surface area contributed by atoms with Crippen LogP contribution < -0.4 is 9.80 Å². The minimum Gasteiger partial charge on any atom is -0.481 e. The van der Waals surface area contributed by atoms with Crippen LogP contribution in [0.1, 0.15) is 18.4 Å². The molecule has 1 amide bonds. The van der Waals surface area contributed by atoms with Crippen molar-refractivity contribution in [3.63, 3.8) is 0 Å². The molecule has 1 fully saturated rings. The minimum absolute atomic E-state index is 0.0351. The third-order valence-corrected chi connectivity index (χ3v) is 7.01. The van der Waals surface area contributed by atoms with E-state index in [0.29, 0.717) is 16.6 Å². The summed E-state index contributed by atoms with van der Waals surface area (Å²) in [5.41, 5.74) is 3.09. The number of rotatable bonds is 6. The zero-order valence-electron chi connectivity index (χ0n) is 16.9. The van der Waals surface area contributed by atoms with E-state index in [-0.39, 0.29) is 18.7 Å². The molecule has 2 heterocycles. The smallest absolute Gasteiger partial charge is 0.303 e. The molecule has 0 saturated carbocycles. The summed E-state index contributed by atoms with van der Waals surface area (Å²) in [6.07, 6.45) is 0.700. The molecule has 9 heteroatoms. The van der Waals surface area contributed by atoms with Crippen LogP contribution in [-0.4, -0.2) is 54.0 Å². The van der Waals surface area contributed by atoms with Gasteiger partial charge in [-0.2, -0.15) is 0 Å². The number of halogens is 2. The first-order chi connectivity index (χ1) is 14.9. The Bertz CT molecular complexity index is 976. The summed E-state index contributed by atoms with van der Waals surface area (Å²) in [6.45, 7) is 4.21. The number of carbonyl (C=O) groups is 2. The summed E-state index contributed by atoms with van der Waals surface area (Å²) >= 11 is 14.0. The van der Waals surface area contributed by atoms with E-state index in [2.05, 4.69) is 15.3 Å². The van der Waals surface area contributed by atoms with Gasteiger partial charge in [-0.05, 0) is 60.3 Å². The minimum atomic E-state index is -0.946. The molecule has 1 N–H and O–H groups in total. The maximum absolute atomic E-state index is 12.3. The molecule has 0 atom stereocenters. The summed E-state index contributed by atoms with van der Waals surface area (Å²) in [6, 6.07) is 11.8. The van der Waals surface area contributed by atoms with Crippen LogP contribution >= 0.6 is 35.1 Å². The highest BCUT2D eigenvalue weighted by molar-refractivity contribution is 7.97. The van der Waals surface area contributed by atoms with Gasteiger partial charge in [0.1, 0.15) is 0 Å². The van der Waals surface area contributed by atoms with Crippen molar-refractivity contribution in [1.82, 2.24) is 4.31 Å². The Morgan fingerprint density at radius 1 is 0.935 bits per heavy atom. The zero-order chi connectivity index (χ0) is 22.0. The lowest BCUT2D eigenvalue weighted by Crippen LogP contribution is -2.43. The fourth-order valence-electron chi connectivity index (χ4n) is 3.95. The number of hydrogen-bond acceptors (Lipinski definition) is 5. The molecule has 0 aliphatic carbocycles. The summed E-state index contributed by atoms with van der Waals surface area (Å²) < 4.78 is 2.34. The lowest BCUT2D eigenvalue weighted by Gasteiger charge is -2.35. The van der Waals surface area contributed by atoms with Crippen LogP contribution in [0.5, 0.6) is 0 Å². The Kier molecular flexibility index (Phi) is 6.96. The van der Waals surface area contributed by atoms with E-state index in [1.807, 2.05) is 24.3 Å². The monoisotopic (exact) mass is 479 g/mol. The van der Waals surface area contributed by atoms with Gasteiger partial charge in [0.25, 0.3) is 0 Å². The van der Waals surface area contributed by atoms with E-state index >= 15 is 0 Å². The van der Waals surface area contributed by atoms with E-state index in [4.69, 9.17) is 28.3 Å². The molecule has 0 radical (unpaired) electrons. The van der Waals surface area contributed by atoms with Gasteiger partial charge in [0.2, 0.25) is 5.91 Å². The third kappa shape index (κ3) is 5.47. The third-order valence-electron chi connectivity index (χ3n) is 5.49. The Balaban J connectivity index is 1.34. The number of fused-ring (bicyclic) bond motifs is 1. The Labute approximate surface area is 195 Å². The van der Waals surface area contributed by atoms with Crippen LogP contribution in [0.3, 0.4) is 0 Å². The second kappa shape index (κ2) is 9.69. The van der Waals surface area contributed by atoms with Crippen molar-refractivity contribution in [3.05, 3.63) is 52.0 Å². The molecule has 2 aliphatic rings. The average molecular weight is 480 g/mol. The lowest BCUT2D eigenvalue weighted by atomic mass is 10.2. The SMILES string of the molecule is O=C(O)CCC(=O)N1CCc2cc(SN3CCN(c4cc(Cl)cc(Cl)c4)CC3)ccc21. The zero-order valence-corrected chi connectivity index (χ0v) is 19.2. The number of aliphatic carboxylic acids is 1. The van der Waals surface area contributed by atoms with Gasteiger partial charge in [-0.3, -0.25) is 9.59 Å². The molecule has 164 valence electrons. The summed E-state index contributed by atoms with van der Waals surface area (Å²) in [5.74, 6) is -1.07. The van der Waals surface area contributed by atoms with Crippen LogP contribution in [0.15, 0.2) is 41.3 Å². The number of benzene rings is 2. The normalized spacial score (nSPS) is 16.5. The molecule has 0 aromatic heterocycles. The second-order valence-corrected chi connectivity index (χ2v) is 9.66. The summed E-state index contributed by atoms with van der Waals surface area (Å²) in [7, 11) is 0. The molecule has 4 rings (SSSR count). The number of anilines is 2.